The molecule has 99 valence electrons. The molecule has 1 unspecified atom stereocenters. The third-order valence-corrected chi connectivity index (χ3v) is 2.69. The summed E-state index contributed by atoms with van der Waals surface area (Å²) in [5.41, 5.74) is 1.32. The van der Waals surface area contributed by atoms with E-state index in [2.05, 4.69) is 26.0 Å². The van der Waals surface area contributed by atoms with E-state index in [4.69, 9.17) is 5.11 Å². The normalized spacial score (nSPS) is 10.6. The van der Waals surface area contributed by atoms with Gasteiger partial charge in [0.25, 0.3) is 0 Å². The standard InChI is InChI=1S/C8H16O2.C7H8.Y/c1-3-5-6-7(4-2)8(9)10;1-7-5-3-2-4-6-7;/h7H,3-6H2,1-2H3,(H,9,10);2-6H,1H3;. The van der Waals surface area contributed by atoms with E-state index in [0.29, 0.717) is 0 Å². The van der Waals surface area contributed by atoms with E-state index in [0.717, 1.165) is 25.7 Å². The average Bonchev–Trinajstić information content (AvgIpc) is 2.31. The molecule has 0 saturated heterocycles. The van der Waals surface area contributed by atoms with Crippen LogP contribution in [0.3, 0.4) is 0 Å². The number of carbonyl (C=O) groups is 1. The number of aryl methyl sites for hydroxylation is 1. The molecule has 0 aliphatic carbocycles. The minimum Gasteiger partial charge on any atom is -0.481 e. The van der Waals surface area contributed by atoms with Gasteiger partial charge in [-0.3, -0.25) is 4.79 Å². The molecular weight excluding hydrogens is 301 g/mol. The molecule has 0 fully saturated rings. The summed E-state index contributed by atoms with van der Waals surface area (Å²) in [5, 5.41) is 8.60. The van der Waals surface area contributed by atoms with Crippen molar-refractivity contribution in [3.8, 4) is 0 Å². The van der Waals surface area contributed by atoms with Gasteiger partial charge in [0.05, 0.1) is 5.92 Å². The zero-order chi connectivity index (χ0) is 13.1. The maximum atomic E-state index is 10.4. The van der Waals surface area contributed by atoms with Crippen molar-refractivity contribution in [1.29, 1.82) is 0 Å². The first-order valence-electron chi connectivity index (χ1n) is 6.36. The van der Waals surface area contributed by atoms with Crippen LogP contribution in [0.25, 0.3) is 0 Å². The number of rotatable bonds is 5. The van der Waals surface area contributed by atoms with E-state index in [9.17, 15) is 4.79 Å². The number of carboxylic acid groups (broad SMARTS) is 1. The van der Waals surface area contributed by atoms with Gasteiger partial charge in [0.1, 0.15) is 0 Å². The molecule has 0 heterocycles. The Balaban J connectivity index is 0. The van der Waals surface area contributed by atoms with Crippen molar-refractivity contribution >= 4 is 5.97 Å². The van der Waals surface area contributed by atoms with E-state index in [1.807, 2.05) is 25.1 Å². The molecule has 2 nitrogen and oxygen atoms in total. The summed E-state index contributed by atoms with van der Waals surface area (Å²) in [7, 11) is 0. The molecule has 0 amide bonds. The van der Waals surface area contributed by atoms with E-state index in [1.54, 1.807) is 0 Å². The molecule has 1 aromatic carbocycles. The molecule has 0 aromatic heterocycles. The minimum absolute atomic E-state index is 0. The second kappa shape index (κ2) is 13.2. The van der Waals surface area contributed by atoms with Crippen molar-refractivity contribution in [3.05, 3.63) is 35.9 Å². The fourth-order valence-electron chi connectivity index (χ4n) is 1.49. The molecule has 0 aliphatic rings. The maximum absolute atomic E-state index is 10.4. The number of unbranched alkanes of at least 4 members (excludes halogenated alkanes) is 1. The number of aliphatic carboxylic acids is 1. The molecule has 18 heavy (non-hydrogen) atoms. The predicted molar refractivity (Wildman–Crippen MR) is 72.1 cm³/mol. The zero-order valence-electron chi connectivity index (χ0n) is 11.7. The largest absolute Gasteiger partial charge is 0.481 e. The summed E-state index contributed by atoms with van der Waals surface area (Å²) in [4.78, 5) is 10.4. The smallest absolute Gasteiger partial charge is 0.306 e. The zero-order valence-corrected chi connectivity index (χ0v) is 14.6. The van der Waals surface area contributed by atoms with Gasteiger partial charge in [-0.1, -0.05) is 62.6 Å². The van der Waals surface area contributed by atoms with Gasteiger partial charge in [-0.05, 0) is 19.8 Å². The average molecular weight is 325 g/mol. The van der Waals surface area contributed by atoms with E-state index in [1.165, 1.54) is 5.56 Å². The molecule has 1 N–H and O–H groups in total. The molecule has 1 radical (unpaired) electrons. The van der Waals surface area contributed by atoms with E-state index < -0.39 is 5.97 Å². The second-order valence-corrected chi connectivity index (χ2v) is 4.24. The first-order valence-corrected chi connectivity index (χ1v) is 6.36. The van der Waals surface area contributed by atoms with Crippen LogP contribution in [0, 0.1) is 12.8 Å². The Labute approximate surface area is 136 Å². The monoisotopic (exact) mass is 325 g/mol. The Bertz CT molecular complexity index is 299. The molecule has 1 atom stereocenters. The van der Waals surface area contributed by atoms with Crippen molar-refractivity contribution < 1.29 is 42.6 Å². The Hall–Kier alpha value is -0.206. The van der Waals surface area contributed by atoms with Crippen LogP contribution >= 0.6 is 0 Å². The van der Waals surface area contributed by atoms with Crippen molar-refractivity contribution in [2.45, 2.75) is 46.5 Å². The number of carboxylic acids is 1. The predicted octanol–water partition coefficient (Wildman–Crippen LogP) is 4.28. The van der Waals surface area contributed by atoms with Gasteiger partial charge in [-0.15, -0.1) is 0 Å². The van der Waals surface area contributed by atoms with Gasteiger partial charge in [0.2, 0.25) is 0 Å². The molecule has 3 heteroatoms. The maximum Gasteiger partial charge on any atom is 0.306 e. The van der Waals surface area contributed by atoms with Crippen molar-refractivity contribution in [2.75, 3.05) is 0 Å². The quantitative estimate of drug-likeness (QED) is 0.877. The molecule has 0 spiro atoms. The third kappa shape index (κ3) is 10.9. The van der Waals surface area contributed by atoms with Crippen molar-refractivity contribution in [1.82, 2.24) is 0 Å². The van der Waals surface area contributed by atoms with Crippen molar-refractivity contribution in [2.24, 2.45) is 5.92 Å². The van der Waals surface area contributed by atoms with Crippen LogP contribution in [0.15, 0.2) is 30.3 Å². The second-order valence-electron chi connectivity index (χ2n) is 4.24. The summed E-state index contributed by atoms with van der Waals surface area (Å²) in [6, 6.07) is 10.3. The molecule has 0 saturated carbocycles. The SMILES string of the molecule is CCCCC(CC)C(=O)O.Cc1ccccc1.[Y]. The van der Waals surface area contributed by atoms with Crippen LogP contribution in [-0.2, 0) is 37.5 Å². The van der Waals surface area contributed by atoms with E-state index in [-0.39, 0.29) is 38.6 Å². The van der Waals surface area contributed by atoms with Gasteiger partial charge in [0, 0.05) is 32.7 Å². The molecular formula is C15H24O2Y. The van der Waals surface area contributed by atoms with Gasteiger partial charge < -0.3 is 5.11 Å². The summed E-state index contributed by atoms with van der Waals surface area (Å²) in [6.45, 7) is 6.09. The summed E-state index contributed by atoms with van der Waals surface area (Å²) in [5.74, 6) is -0.754. The van der Waals surface area contributed by atoms with Gasteiger partial charge in [0.15, 0.2) is 0 Å². The summed E-state index contributed by atoms with van der Waals surface area (Å²) < 4.78 is 0. The Kier molecular flexibility index (Phi) is 14.8. The number of hydrogen-bond donors (Lipinski definition) is 1. The first-order chi connectivity index (χ1) is 8.11. The van der Waals surface area contributed by atoms with Crippen LogP contribution in [0.1, 0.15) is 45.1 Å². The van der Waals surface area contributed by atoms with Gasteiger partial charge >= 0.3 is 5.97 Å². The topological polar surface area (TPSA) is 37.3 Å². The Morgan fingerprint density at radius 2 is 1.78 bits per heavy atom. The Morgan fingerprint density at radius 3 is 2.06 bits per heavy atom. The molecule has 1 rings (SSSR count). The summed E-state index contributed by atoms with van der Waals surface area (Å²) >= 11 is 0. The number of benzene rings is 1. The van der Waals surface area contributed by atoms with Crippen LogP contribution in [0.4, 0.5) is 0 Å². The van der Waals surface area contributed by atoms with Gasteiger partial charge in [-0.25, -0.2) is 0 Å². The van der Waals surface area contributed by atoms with Crippen LogP contribution in [-0.4, -0.2) is 11.1 Å². The summed E-state index contributed by atoms with van der Waals surface area (Å²) in [6.07, 6.45) is 3.71. The number of hydrogen-bond acceptors (Lipinski definition) is 1. The van der Waals surface area contributed by atoms with Crippen molar-refractivity contribution in [3.63, 3.8) is 0 Å². The molecule has 0 aliphatic heterocycles. The fraction of sp³-hybridized carbons (Fsp3) is 0.533. The minimum atomic E-state index is -0.643. The van der Waals surface area contributed by atoms with Crippen LogP contribution in [0.5, 0.6) is 0 Å². The first kappa shape index (κ1) is 20.1. The third-order valence-electron chi connectivity index (χ3n) is 2.69. The molecule has 1 aromatic rings. The van der Waals surface area contributed by atoms with Gasteiger partial charge in [-0.2, -0.15) is 0 Å². The van der Waals surface area contributed by atoms with Crippen LogP contribution < -0.4 is 0 Å². The fourth-order valence-corrected chi connectivity index (χ4v) is 1.49. The van der Waals surface area contributed by atoms with Crippen LogP contribution in [0.2, 0.25) is 0 Å². The molecule has 0 bridgehead atoms. The van der Waals surface area contributed by atoms with E-state index >= 15 is 0 Å². The Morgan fingerprint density at radius 1 is 1.22 bits per heavy atom.